The number of fused-ring (bicyclic) bond motifs is 4. The number of aryl methyl sites for hydroxylation is 1. The molecule has 1 saturated heterocycles. The fourth-order valence-electron chi connectivity index (χ4n) is 6.98. The molecular weight excluding hydrogens is 528 g/mol. The molecule has 2 aliphatic carbocycles. The van der Waals surface area contributed by atoms with E-state index in [2.05, 4.69) is 31.6 Å². The summed E-state index contributed by atoms with van der Waals surface area (Å²) >= 11 is 0. The van der Waals surface area contributed by atoms with Crippen molar-refractivity contribution in [1.29, 1.82) is 0 Å². The fraction of sp³-hybridized carbons (Fsp3) is 0.375. The van der Waals surface area contributed by atoms with Gasteiger partial charge in [0.15, 0.2) is 5.82 Å². The molecule has 0 spiro atoms. The second kappa shape index (κ2) is 9.55. The van der Waals surface area contributed by atoms with Gasteiger partial charge in [-0.2, -0.15) is 0 Å². The molecule has 214 valence electrons. The highest BCUT2D eigenvalue weighted by molar-refractivity contribution is 6.00. The van der Waals surface area contributed by atoms with E-state index in [1.54, 1.807) is 19.5 Å². The molecule has 2 bridgehead atoms. The number of aromatic nitrogens is 5. The average Bonchev–Trinajstić information content (AvgIpc) is 3.42. The van der Waals surface area contributed by atoms with Gasteiger partial charge in [0.2, 0.25) is 0 Å². The Hall–Kier alpha value is -4.44. The van der Waals surface area contributed by atoms with Gasteiger partial charge in [0, 0.05) is 49.4 Å². The zero-order valence-electron chi connectivity index (χ0n) is 23.8. The van der Waals surface area contributed by atoms with Gasteiger partial charge in [0.25, 0.3) is 5.91 Å². The summed E-state index contributed by atoms with van der Waals surface area (Å²) in [7, 11) is 3.66. The van der Waals surface area contributed by atoms with E-state index in [-0.39, 0.29) is 18.0 Å². The first-order valence-electron chi connectivity index (χ1n) is 14.8. The van der Waals surface area contributed by atoms with Crippen molar-refractivity contribution in [2.45, 2.75) is 44.3 Å². The number of methoxy groups -OCH3 is 1. The molecule has 8 rings (SSSR count). The molecule has 3 aliphatic rings. The summed E-state index contributed by atoms with van der Waals surface area (Å²) in [6.45, 7) is 1.61. The normalized spacial score (nSPS) is 21.5. The Bertz CT molecular complexity index is 1840. The molecule has 4 aromatic heterocycles. The van der Waals surface area contributed by atoms with Crippen LogP contribution in [0.2, 0.25) is 0 Å². The van der Waals surface area contributed by atoms with Crippen LogP contribution in [0.1, 0.15) is 36.0 Å². The van der Waals surface area contributed by atoms with E-state index in [1.807, 2.05) is 42.3 Å². The first-order valence-corrected chi connectivity index (χ1v) is 14.8. The van der Waals surface area contributed by atoms with E-state index in [1.165, 1.54) is 12.8 Å². The number of hydrogen-bond donors (Lipinski definition) is 2. The summed E-state index contributed by atoms with van der Waals surface area (Å²) in [5.74, 6) is 3.25. The number of nitrogens with two attached hydrogens (primary N) is 1. The number of ether oxygens (including phenoxy) is 1. The van der Waals surface area contributed by atoms with E-state index in [0.29, 0.717) is 23.1 Å². The van der Waals surface area contributed by atoms with Crippen LogP contribution in [-0.4, -0.2) is 60.6 Å². The van der Waals surface area contributed by atoms with Gasteiger partial charge in [-0.3, -0.25) is 9.78 Å². The minimum atomic E-state index is 0.00532. The van der Waals surface area contributed by atoms with Crippen LogP contribution in [-0.2, 0) is 13.6 Å². The smallest absolute Gasteiger partial charge is 0.254 e. The van der Waals surface area contributed by atoms with Gasteiger partial charge in [0.05, 0.1) is 30.2 Å². The number of benzene rings is 1. The van der Waals surface area contributed by atoms with Crippen molar-refractivity contribution >= 4 is 39.5 Å². The zero-order valence-corrected chi connectivity index (χ0v) is 23.8. The molecule has 0 unspecified atom stereocenters. The molecule has 42 heavy (non-hydrogen) atoms. The van der Waals surface area contributed by atoms with Crippen LogP contribution in [0, 0.1) is 11.8 Å². The lowest BCUT2D eigenvalue weighted by Crippen LogP contribution is -2.41. The van der Waals surface area contributed by atoms with Crippen molar-refractivity contribution in [2.75, 3.05) is 19.0 Å². The predicted octanol–water partition coefficient (Wildman–Crippen LogP) is 4.71. The highest BCUT2D eigenvalue weighted by Gasteiger charge is 2.47. The second-order valence-electron chi connectivity index (χ2n) is 12.0. The summed E-state index contributed by atoms with van der Waals surface area (Å²) in [4.78, 5) is 30.0. The van der Waals surface area contributed by atoms with Crippen molar-refractivity contribution in [3.8, 4) is 17.3 Å². The maximum atomic E-state index is 13.7. The van der Waals surface area contributed by atoms with Gasteiger partial charge < -0.3 is 29.8 Å². The number of nitrogens with zero attached hydrogens (tertiary/aromatic N) is 6. The van der Waals surface area contributed by atoms with E-state index in [9.17, 15) is 4.79 Å². The van der Waals surface area contributed by atoms with Crippen LogP contribution in [0.4, 0.5) is 11.5 Å². The number of imidazole rings is 1. The molecule has 10 nitrogen and oxygen atoms in total. The summed E-state index contributed by atoms with van der Waals surface area (Å²) in [6, 6.07) is 14.1. The summed E-state index contributed by atoms with van der Waals surface area (Å²) in [5, 5.41) is 4.43. The van der Waals surface area contributed by atoms with Gasteiger partial charge in [-0.1, -0.05) is 0 Å². The van der Waals surface area contributed by atoms with Gasteiger partial charge in [0.1, 0.15) is 22.7 Å². The van der Waals surface area contributed by atoms with Crippen LogP contribution in [0.5, 0.6) is 5.75 Å². The Morgan fingerprint density at radius 2 is 2.00 bits per heavy atom. The highest BCUT2D eigenvalue weighted by atomic mass is 16.5. The number of carbonyl (C=O) groups is 1. The SMILES string of the molecule is COc1cc(C(=O)N2C[C@H]3CC[C@@H]2[C@@H]3N)cc2nc(-c3cc4ccc(Nc5cccnc5)nc4n3CC3CC3)n(C)c12. The Balaban J connectivity index is 1.21. The van der Waals surface area contributed by atoms with E-state index in [4.69, 9.17) is 20.4 Å². The Morgan fingerprint density at radius 1 is 1.12 bits per heavy atom. The van der Waals surface area contributed by atoms with Crippen molar-refractivity contribution in [1.82, 2.24) is 29.0 Å². The maximum Gasteiger partial charge on any atom is 0.254 e. The lowest BCUT2D eigenvalue weighted by atomic mass is 10.1. The first-order chi connectivity index (χ1) is 20.5. The topological polar surface area (TPSA) is 116 Å². The third-order valence-corrected chi connectivity index (χ3v) is 9.36. The standard InChI is InChI=1S/C32H34N8O2/c1-38-29-23(12-21(14-26(29)42-2)32(41)40-17-20-7-9-24(40)28(20)33)36-31(38)25-13-19-8-10-27(35-22-4-3-11-34-15-22)37-30(19)39(25)16-18-5-6-18/h3-4,8,10-15,18,20,24,28H,5-7,9,16-17,33H2,1-2H3,(H,35,37)/t20-,24-,28-/m1/s1. The molecule has 10 heteroatoms. The minimum absolute atomic E-state index is 0.00532. The third-order valence-electron chi connectivity index (χ3n) is 9.36. The van der Waals surface area contributed by atoms with Crippen LogP contribution >= 0.6 is 0 Å². The Kier molecular flexibility index (Phi) is 5.75. The molecule has 5 aromatic rings. The van der Waals surface area contributed by atoms with Gasteiger partial charge in [-0.05, 0) is 80.0 Å². The van der Waals surface area contributed by atoms with Gasteiger partial charge in [-0.25, -0.2) is 9.97 Å². The number of pyridine rings is 2. The second-order valence-corrected chi connectivity index (χ2v) is 12.0. The van der Waals surface area contributed by atoms with Crippen molar-refractivity contribution in [2.24, 2.45) is 24.6 Å². The third kappa shape index (κ3) is 4.04. The van der Waals surface area contributed by atoms with Gasteiger partial charge in [-0.15, -0.1) is 0 Å². The number of amides is 1. The molecule has 2 saturated carbocycles. The van der Waals surface area contributed by atoms with Gasteiger partial charge >= 0.3 is 0 Å². The lowest BCUT2D eigenvalue weighted by Gasteiger charge is -2.27. The number of piperidine rings is 1. The van der Waals surface area contributed by atoms with Crippen molar-refractivity contribution in [3.63, 3.8) is 0 Å². The number of likely N-dealkylation sites (tertiary alicyclic amines) is 1. The molecule has 0 radical (unpaired) electrons. The van der Waals surface area contributed by atoms with Crippen LogP contribution in [0.3, 0.4) is 0 Å². The van der Waals surface area contributed by atoms with E-state index >= 15 is 0 Å². The number of rotatable bonds is 7. The number of nitrogens with one attached hydrogen (secondary N) is 1. The maximum absolute atomic E-state index is 13.7. The van der Waals surface area contributed by atoms with Crippen LogP contribution < -0.4 is 15.8 Å². The molecule has 5 heterocycles. The quantitative estimate of drug-likeness (QED) is 0.295. The zero-order chi connectivity index (χ0) is 28.5. The monoisotopic (exact) mass is 562 g/mol. The fourth-order valence-corrected chi connectivity index (χ4v) is 6.98. The van der Waals surface area contributed by atoms with Crippen LogP contribution in [0.15, 0.2) is 54.9 Å². The van der Waals surface area contributed by atoms with E-state index < -0.39 is 0 Å². The van der Waals surface area contributed by atoms with Crippen molar-refractivity contribution in [3.05, 3.63) is 60.4 Å². The molecule has 1 aromatic carbocycles. The highest BCUT2D eigenvalue weighted by Crippen LogP contribution is 2.40. The minimum Gasteiger partial charge on any atom is -0.494 e. The average molecular weight is 563 g/mol. The van der Waals surface area contributed by atoms with E-state index in [0.717, 1.165) is 71.0 Å². The molecule has 1 amide bonds. The van der Waals surface area contributed by atoms with Crippen LogP contribution in [0.25, 0.3) is 33.6 Å². The Labute approximate surface area is 243 Å². The lowest BCUT2D eigenvalue weighted by molar-refractivity contribution is 0.0700. The summed E-state index contributed by atoms with van der Waals surface area (Å²) in [5.41, 5.74) is 11.4. The molecule has 1 aliphatic heterocycles. The molecule has 3 fully saturated rings. The number of anilines is 2. The van der Waals surface area contributed by atoms with Crippen molar-refractivity contribution < 1.29 is 9.53 Å². The largest absolute Gasteiger partial charge is 0.494 e. The number of carbonyl (C=O) groups excluding carboxylic acids is 1. The Morgan fingerprint density at radius 3 is 2.71 bits per heavy atom. The number of hydrogen-bond acceptors (Lipinski definition) is 7. The molecular formula is C32H34N8O2. The summed E-state index contributed by atoms with van der Waals surface area (Å²) in [6.07, 6.45) is 8.06. The first kappa shape index (κ1) is 25.3. The molecule has 3 atom stereocenters. The molecule has 3 N–H and O–H groups in total. The predicted molar refractivity (Wildman–Crippen MR) is 162 cm³/mol. The summed E-state index contributed by atoms with van der Waals surface area (Å²) < 4.78 is 10.2.